The molecule has 0 aromatic heterocycles. The van der Waals surface area contributed by atoms with Gasteiger partial charge in [0.15, 0.2) is 0 Å². The number of hydrogen-bond acceptors (Lipinski definition) is 2. The van der Waals surface area contributed by atoms with Gasteiger partial charge in [0.1, 0.15) is 5.82 Å². The summed E-state index contributed by atoms with van der Waals surface area (Å²) in [6, 6.07) is 2.69. The molecule has 0 radical (unpaired) electrons. The summed E-state index contributed by atoms with van der Waals surface area (Å²) in [6.45, 7) is 5.24. The number of halogens is 1. The molecule has 0 aliphatic carbocycles. The minimum atomic E-state index is -0.801. The monoisotopic (exact) mass is 197 g/mol. The molecule has 0 spiro atoms. The van der Waals surface area contributed by atoms with Crippen LogP contribution in [-0.4, -0.2) is 11.1 Å². The van der Waals surface area contributed by atoms with Crippen LogP contribution in [0, 0.1) is 19.7 Å². The molecule has 0 fully saturated rings. The fourth-order valence-corrected chi connectivity index (χ4v) is 1.44. The Morgan fingerprint density at radius 1 is 1.29 bits per heavy atom. The highest BCUT2D eigenvalue weighted by atomic mass is 19.1. The first-order valence-corrected chi connectivity index (χ1v) is 4.63. The van der Waals surface area contributed by atoms with Crippen LogP contribution in [0.2, 0.25) is 0 Å². The number of rotatable bonds is 2. The molecule has 1 aromatic carbocycles. The van der Waals surface area contributed by atoms with Crippen LogP contribution in [0.1, 0.15) is 29.7 Å². The van der Waals surface area contributed by atoms with E-state index in [0.29, 0.717) is 11.1 Å². The van der Waals surface area contributed by atoms with E-state index in [1.165, 1.54) is 6.07 Å². The lowest BCUT2D eigenvalue weighted by atomic mass is 9.97. The molecule has 0 saturated heterocycles. The number of aliphatic hydroxyl groups excluding tert-OH is 1. The summed E-state index contributed by atoms with van der Waals surface area (Å²) in [4.78, 5) is 0. The van der Waals surface area contributed by atoms with Gasteiger partial charge in [-0.1, -0.05) is 6.07 Å². The van der Waals surface area contributed by atoms with Gasteiger partial charge in [-0.15, -0.1) is 0 Å². The summed E-state index contributed by atoms with van der Waals surface area (Å²) in [7, 11) is 0. The number of benzene rings is 1. The van der Waals surface area contributed by atoms with Crippen LogP contribution in [0.5, 0.6) is 0 Å². The second-order valence-electron chi connectivity index (χ2n) is 3.76. The zero-order valence-corrected chi connectivity index (χ0v) is 8.71. The van der Waals surface area contributed by atoms with E-state index >= 15 is 0 Å². The number of nitrogens with two attached hydrogens (primary N) is 1. The maximum atomic E-state index is 13.2. The molecule has 3 heteroatoms. The van der Waals surface area contributed by atoms with E-state index in [1.807, 2.05) is 6.92 Å². The van der Waals surface area contributed by atoms with Gasteiger partial charge in [0.05, 0.1) is 6.10 Å². The highest BCUT2D eigenvalue weighted by Crippen LogP contribution is 2.22. The van der Waals surface area contributed by atoms with E-state index in [0.717, 1.165) is 5.56 Å². The van der Waals surface area contributed by atoms with Gasteiger partial charge < -0.3 is 10.8 Å². The first-order valence-electron chi connectivity index (χ1n) is 4.63. The van der Waals surface area contributed by atoms with Crippen molar-refractivity contribution in [2.24, 2.45) is 5.73 Å². The van der Waals surface area contributed by atoms with Gasteiger partial charge in [0, 0.05) is 6.04 Å². The second kappa shape index (κ2) is 4.07. The van der Waals surface area contributed by atoms with Crippen LogP contribution in [0.25, 0.3) is 0 Å². The van der Waals surface area contributed by atoms with Crippen molar-refractivity contribution >= 4 is 0 Å². The Morgan fingerprint density at radius 2 is 1.86 bits per heavy atom. The zero-order chi connectivity index (χ0) is 10.9. The van der Waals surface area contributed by atoms with Crippen molar-refractivity contribution in [3.63, 3.8) is 0 Å². The van der Waals surface area contributed by atoms with E-state index in [9.17, 15) is 9.50 Å². The van der Waals surface area contributed by atoms with E-state index in [2.05, 4.69) is 0 Å². The molecule has 0 amide bonds. The summed E-state index contributed by atoms with van der Waals surface area (Å²) >= 11 is 0. The average Bonchev–Trinajstić information content (AvgIpc) is 2.10. The minimum absolute atomic E-state index is 0.301. The van der Waals surface area contributed by atoms with Crippen molar-refractivity contribution in [2.45, 2.75) is 32.9 Å². The SMILES string of the molecule is Cc1cc(C)c(C(O)C(C)N)cc1F. The molecule has 0 bridgehead atoms. The van der Waals surface area contributed by atoms with E-state index in [1.54, 1.807) is 19.9 Å². The smallest absolute Gasteiger partial charge is 0.126 e. The number of aliphatic hydroxyl groups is 1. The molecular weight excluding hydrogens is 181 g/mol. The zero-order valence-electron chi connectivity index (χ0n) is 8.71. The molecule has 1 aromatic rings. The minimum Gasteiger partial charge on any atom is -0.387 e. The van der Waals surface area contributed by atoms with Gasteiger partial charge in [-0.2, -0.15) is 0 Å². The largest absolute Gasteiger partial charge is 0.387 e. The van der Waals surface area contributed by atoms with Gasteiger partial charge in [0.25, 0.3) is 0 Å². The number of aryl methyl sites for hydroxylation is 2. The summed E-state index contributed by atoms with van der Waals surface area (Å²) < 4.78 is 13.2. The van der Waals surface area contributed by atoms with Gasteiger partial charge in [-0.05, 0) is 43.5 Å². The Kier molecular flexibility index (Phi) is 3.24. The molecular formula is C11H16FNO. The van der Waals surface area contributed by atoms with E-state index in [4.69, 9.17) is 5.73 Å². The van der Waals surface area contributed by atoms with Gasteiger partial charge >= 0.3 is 0 Å². The molecule has 14 heavy (non-hydrogen) atoms. The van der Waals surface area contributed by atoms with Crippen LogP contribution in [0.3, 0.4) is 0 Å². The molecule has 78 valence electrons. The van der Waals surface area contributed by atoms with Crippen molar-refractivity contribution in [3.8, 4) is 0 Å². The second-order valence-corrected chi connectivity index (χ2v) is 3.76. The summed E-state index contributed by atoms with van der Waals surface area (Å²) in [5.41, 5.74) is 7.58. The van der Waals surface area contributed by atoms with E-state index in [-0.39, 0.29) is 5.82 Å². The average molecular weight is 197 g/mol. The van der Waals surface area contributed by atoms with Gasteiger partial charge in [-0.3, -0.25) is 0 Å². The van der Waals surface area contributed by atoms with Gasteiger partial charge in [-0.25, -0.2) is 4.39 Å². The summed E-state index contributed by atoms with van der Waals surface area (Å²) in [5, 5.41) is 9.70. The Balaban J connectivity index is 3.15. The molecule has 0 heterocycles. The highest BCUT2D eigenvalue weighted by molar-refractivity contribution is 5.33. The molecule has 2 atom stereocenters. The fourth-order valence-electron chi connectivity index (χ4n) is 1.44. The third-order valence-electron chi connectivity index (χ3n) is 2.36. The maximum absolute atomic E-state index is 13.2. The number of hydrogen-bond donors (Lipinski definition) is 2. The van der Waals surface area contributed by atoms with Crippen LogP contribution in [0.4, 0.5) is 4.39 Å². The lowest BCUT2D eigenvalue weighted by molar-refractivity contribution is 0.152. The first kappa shape index (κ1) is 11.1. The predicted molar refractivity (Wildman–Crippen MR) is 54.5 cm³/mol. The van der Waals surface area contributed by atoms with E-state index < -0.39 is 12.1 Å². The lowest BCUT2D eigenvalue weighted by Crippen LogP contribution is -2.25. The molecule has 0 aliphatic heterocycles. The van der Waals surface area contributed by atoms with Crippen molar-refractivity contribution in [3.05, 3.63) is 34.6 Å². The Hall–Kier alpha value is -0.930. The molecule has 2 nitrogen and oxygen atoms in total. The first-order chi connectivity index (χ1) is 6.43. The normalized spacial score (nSPS) is 15.3. The quantitative estimate of drug-likeness (QED) is 0.759. The fraction of sp³-hybridized carbons (Fsp3) is 0.455. The van der Waals surface area contributed by atoms with Crippen LogP contribution in [0.15, 0.2) is 12.1 Å². The van der Waals surface area contributed by atoms with Crippen molar-refractivity contribution in [1.82, 2.24) is 0 Å². The Labute approximate surface area is 83.6 Å². The van der Waals surface area contributed by atoms with Crippen molar-refractivity contribution < 1.29 is 9.50 Å². The third kappa shape index (κ3) is 2.11. The molecule has 3 N–H and O–H groups in total. The molecule has 1 rings (SSSR count). The van der Waals surface area contributed by atoms with Crippen LogP contribution >= 0.6 is 0 Å². The predicted octanol–water partition coefficient (Wildman–Crippen LogP) is 1.82. The summed E-state index contributed by atoms with van der Waals surface area (Å²) in [6.07, 6.45) is -0.801. The molecule has 2 unspecified atom stereocenters. The van der Waals surface area contributed by atoms with Crippen LogP contribution < -0.4 is 5.73 Å². The van der Waals surface area contributed by atoms with Crippen molar-refractivity contribution in [1.29, 1.82) is 0 Å². The highest BCUT2D eigenvalue weighted by Gasteiger charge is 2.16. The van der Waals surface area contributed by atoms with Gasteiger partial charge in [0.2, 0.25) is 0 Å². The van der Waals surface area contributed by atoms with Crippen molar-refractivity contribution in [2.75, 3.05) is 0 Å². The Bertz CT molecular complexity index is 336. The molecule has 0 aliphatic rings. The lowest BCUT2D eigenvalue weighted by Gasteiger charge is -2.17. The topological polar surface area (TPSA) is 46.2 Å². The maximum Gasteiger partial charge on any atom is 0.126 e. The standard InChI is InChI=1S/C11H16FNO/c1-6-4-7(2)10(12)5-9(6)11(14)8(3)13/h4-5,8,11,14H,13H2,1-3H3. The molecule has 0 saturated carbocycles. The van der Waals surface area contributed by atoms with Crippen LogP contribution in [-0.2, 0) is 0 Å². The third-order valence-corrected chi connectivity index (χ3v) is 2.36. The summed E-state index contributed by atoms with van der Waals surface area (Å²) in [5.74, 6) is -0.301. The Morgan fingerprint density at radius 3 is 2.36 bits per heavy atom.